The molecule has 0 saturated carbocycles. The zero-order valence-electron chi connectivity index (χ0n) is 9.00. The molecule has 0 atom stereocenters. The molecule has 13 heavy (non-hydrogen) atoms. The van der Waals surface area contributed by atoms with Crippen molar-refractivity contribution in [1.82, 2.24) is 4.90 Å². The zero-order chi connectivity index (χ0) is 10.3. The van der Waals surface area contributed by atoms with Crippen molar-refractivity contribution in [3.05, 3.63) is 23.8 Å². The van der Waals surface area contributed by atoms with Gasteiger partial charge < -0.3 is 4.90 Å². The lowest BCUT2D eigenvalue weighted by Gasteiger charge is -2.03. The Morgan fingerprint density at radius 3 is 1.92 bits per heavy atom. The average Bonchev–Trinajstić information content (AvgIpc) is 2.48. The van der Waals surface area contributed by atoms with E-state index in [0.717, 1.165) is 18.5 Å². The molecule has 0 unspecified atom stereocenters. The summed E-state index contributed by atoms with van der Waals surface area (Å²) in [4.78, 5) is 12.7. The van der Waals surface area contributed by atoms with E-state index in [1.54, 1.807) is 4.90 Å². The van der Waals surface area contributed by atoms with Gasteiger partial charge in [0.2, 0.25) is 5.91 Å². The maximum absolute atomic E-state index is 11.0. The standard InChI is InChI=1S/C7H11NO.C4H8/c1-3-6-4-5-8(2)7(6)9;1-3-4-2/h3H,4-5H2,1-2H3;3-4H,1-2H3/b6-3+;4-3+. The van der Waals surface area contributed by atoms with E-state index < -0.39 is 0 Å². The molecule has 1 amide bonds. The largest absolute Gasteiger partial charge is 0.342 e. The molecule has 1 saturated heterocycles. The molecular weight excluding hydrogens is 162 g/mol. The Hall–Kier alpha value is -1.05. The van der Waals surface area contributed by atoms with Crippen LogP contribution in [0.2, 0.25) is 0 Å². The average molecular weight is 181 g/mol. The zero-order valence-corrected chi connectivity index (χ0v) is 9.00. The maximum atomic E-state index is 11.0. The number of carbonyl (C=O) groups is 1. The second kappa shape index (κ2) is 6.46. The molecule has 0 aromatic rings. The normalized spacial score (nSPS) is 19.5. The van der Waals surface area contributed by atoms with Gasteiger partial charge in [-0.2, -0.15) is 0 Å². The molecule has 1 rings (SSSR count). The highest BCUT2D eigenvalue weighted by Crippen LogP contribution is 2.13. The molecule has 0 radical (unpaired) electrons. The SMILES string of the molecule is C/C=C/C.C/C=C1\CCN(C)C1=O. The molecule has 1 heterocycles. The van der Waals surface area contributed by atoms with Gasteiger partial charge in [0, 0.05) is 19.2 Å². The fourth-order valence-corrected chi connectivity index (χ4v) is 1.01. The number of amides is 1. The third-order valence-corrected chi connectivity index (χ3v) is 2.02. The van der Waals surface area contributed by atoms with Gasteiger partial charge in [-0.05, 0) is 27.2 Å². The number of likely N-dealkylation sites (tertiary alicyclic amines) is 1. The number of allylic oxidation sites excluding steroid dienone is 3. The fourth-order valence-electron chi connectivity index (χ4n) is 1.01. The minimum atomic E-state index is 0.192. The van der Waals surface area contributed by atoms with Crippen LogP contribution in [-0.4, -0.2) is 24.4 Å². The van der Waals surface area contributed by atoms with E-state index in [-0.39, 0.29) is 5.91 Å². The third-order valence-electron chi connectivity index (χ3n) is 2.02. The highest BCUT2D eigenvalue weighted by atomic mass is 16.2. The number of carbonyl (C=O) groups excluding carboxylic acids is 1. The molecule has 0 aliphatic carbocycles. The Bertz CT molecular complexity index is 212. The summed E-state index contributed by atoms with van der Waals surface area (Å²) in [6.07, 6.45) is 6.82. The van der Waals surface area contributed by atoms with Crippen molar-refractivity contribution < 1.29 is 4.79 Å². The van der Waals surface area contributed by atoms with Gasteiger partial charge in [0.15, 0.2) is 0 Å². The van der Waals surface area contributed by atoms with Crippen LogP contribution in [0.15, 0.2) is 23.8 Å². The first-order valence-electron chi connectivity index (χ1n) is 4.65. The van der Waals surface area contributed by atoms with Crippen LogP contribution in [0.5, 0.6) is 0 Å². The molecular formula is C11H19NO. The van der Waals surface area contributed by atoms with Crippen molar-refractivity contribution in [2.45, 2.75) is 27.2 Å². The highest BCUT2D eigenvalue weighted by molar-refractivity contribution is 5.95. The lowest BCUT2D eigenvalue weighted by atomic mass is 10.2. The van der Waals surface area contributed by atoms with Crippen LogP contribution in [0.25, 0.3) is 0 Å². The number of likely N-dealkylation sites (N-methyl/N-ethyl adjacent to an activating group) is 1. The third kappa shape index (κ3) is 3.92. The Morgan fingerprint density at radius 1 is 1.23 bits per heavy atom. The van der Waals surface area contributed by atoms with Crippen molar-refractivity contribution >= 4 is 5.91 Å². The van der Waals surface area contributed by atoms with E-state index in [4.69, 9.17) is 0 Å². The van der Waals surface area contributed by atoms with Crippen LogP contribution in [0.4, 0.5) is 0 Å². The van der Waals surface area contributed by atoms with Crippen molar-refractivity contribution in [1.29, 1.82) is 0 Å². The molecule has 0 N–H and O–H groups in total. The predicted molar refractivity (Wildman–Crippen MR) is 56.5 cm³/mol. The molecule has 1 fully saturated rings. The summed E-state index contributed by atoms with van der Waals surface area (Å²) in [7, 11) is 1.83. The van der Waals surface area contributed by atoms with Crippen LogP contribution in [-0.2, 0) is 4.79 Å². The predicted octanol–water partition coefficient (Wildman–Crippen LogP) is 2.38. The van der Waals surface area contributed by atoms with Crippen LogP contribution >= 0.6 is 0 Å². The van der Waals surface area contributed by atoms with Crippen LogP contribution in [0, 0.1) is 0 Å². The molecule has 1 aliphatic rings. The van der Waals surface area contributed by atoms with Gasteiger partial charge in [0.1, 0.15) is 0 Å². The molecule has 0 aromatic carbocycles. The van der Waals surface area contributed by atoms with Crippen molar-refractivity contribution in [2.75, 3.05) is 13.6 Å². The number of hydrogen-bond acceptors (Lipinski definition) is 1. The van der Waals surface area contributed by atoms with E-state index in [0.29, 0.717) is 0 Å². The minimum absolute atomic E-state index is 0.192. The van der Waals surface area contributed by atoms with E-state index in [9.17, 15) is 4.79 Å². The molecule has 0 bridgehead atoms. The molecule has 0 aromatic heterocycles. The molecule has 0 spiro atoms. The van der Waals surface area contributed by atoms with E-state index in [1.165, 1.54) is 0 Å². The summed E-state index contributed by atoms with van der Waals surface area (Å²) < 4.78 is 0. The van der Waals surface area contributed by atoms with Gasteiger partial charge in [0.05, 0.1) is 0 Å². The molecule has 2 heteroatoms. The van der Waals surface area contributed by atoms with Crippen LogP contribution in [0.3, 0.4) is 0 Å². The van der Waals surface area contributed by atoms with Crippen molar-refractivity contribution in [3.8, 4) is 0 Å². The van der Waals surface area contributed by atoms with E-state index in [2.05, 4.69) is 0 Å². The second-order valence-corrected chi connectivity index (χ2v) is 2.96. The van der Waals surface area contributed by atoms with Gasteiger partial charge in [0.25, 0.3) is 0 Å². The topological polar surface area (TPSA) is 20.3 Å². The quantitative estimate of drug-likeness (QED) is 0.415. The maximum Gasteiger partial charge on any atom is 0.249 e. The second-order valence-electron chi connectivity index (χ2n) is 2.96. The summed E-state index contributed by atoms with van der Waals surface area (Å²) in [5, 5.41) is 0. The van der Waals surface area contributed by atoms with Gasteiger partial charge in [-0.1, -0.05) is 18.2 Å². The summed E-state index contributed by atoms with van der Waals surface area (Å²) >= 11 is 0. The lowest BCUT2D eigenvalue weighted by molar-refractivity contribution is -0.123. The van der Waals surface area contributed by atoms with Crippen LogP contribution < -0.4 is 0 Å². The van der Waals surface area contributed by atoms with E-state index >= 15 is 0 Å². The van der Waals surface area contributed by atoms with Gasteiger partial charge in [-0.25, -0.2) is 0 Å². The Balaban J connectivity index is 0.000000310. The lowest BCUT2D eigenvalue weighted by Crippen LogP contribution is -2.18. The summed E-state index contributed by atoms with van der Waals surface area (Å²) in [6, 6.07) is 0. The number of nitrogens with zero attached hydrogens (tertiary/aromatic N) is 1. The Labute approximate surface area is 80.9 Å². The Morgan fingerprint density at radius 2 is 1.77 bits per heavy atom. The summed E-state index contributed by atoms with van der Waals surface area (Å²) in [6.45, 7) is 6.80. The smallest absolute Gasteiger partial charge is 0.249 e. The van der Waals surface area contributed by atoms with Crippen molar-refractivity contribution in [2.24, 2.45) is 0 Å². The minimum Gasteiger partial charge on any atom is -0.342 e. The summed E-state index contributed by atoms with van der Waals surface area (Å²) in [5.41, 5.74) is 0.956. The number of hydrogen-bond donors (Lipinski definition) is 0. The molecule has 74 valence electrons. The van der Waals surface area contributed by atoms with Gasteiger partial charge >= 0.3 is 0 Å². The highest BCUT2D eigenvalue weighted by Gasteiger charge is 2.20. The molecule has 1 aliphatic heterocycles. The first kappa shape index (κ1) is 11.9. The number of rotatable bonds is 0. The van der Waals surface area contributed by atoms with Gasteiger partial charge in [-0.3, -0.25) is 4.79 Å². The monoisotopic (exact) mass is 181 g/mol. The van der Waals surface area contributed by atoms with Crippen molar-refractivity contribution in [3.63, 3.8) is 0 Å². The fraction of sp³-hybridized carbons (Fsp3) is 0.545. The molecule has 2 nitrogen and oxygen atoms in total. The first-order chi connectivity index (χ1) is 6.17. The first-order valence-corrected chi connectivity index (χ1v) is 4.65. The Kier molecular flexibility index (Phi) is 5.94. The van der Waals surface area contributed by atoms with E-state index in [1.807, 2.05) is 46.0 Å². The summed E-state index contributed by atoms with van der Waals surface area (Å²) in [5.74, 6) is 0.192. The van der Waals surface area contributed by atoms with Gasteiger partial charge in [-0.15, -0.1) is 0 Å². The van der Waals surface area contributed by atoms with Crippen LogP contribution in [0.1, 0.15) is 27.2 Å².